The SMILES string of the molecule is COc1ccc(C(OC(C)=O)C(C)[N+](=O)[O-])cc1. The fourth-order valence-electron chi connectivity index (χ4n) is 1.53. The quantitative estimate of drug-likeness (QED) is 0.455. The van der Waals surface area contributed by atoms with Crippen molar-refractivity contribution in [1.82, 2.24) is 0 Å². The van der Waals surface area contributed by atoms with E-state index in [9.17, 15) is 14.9 Å². The van der Waals surface area contributed by atoms with Crippen LogP contribution in [0.25, 0.3) is 0 Å². The molecule has 6 nitrogen and oxygen atoms in total. The lowest BCUT2D eigenvalue weighted by Gasteiger charge is -2.18. The maximum atomic E-state index is 11.0. The molecule has 1 aromatic carbocycles. The molecule has 0 aromatic heterocycles. The number of ether oxygens (including phenoxy) is 2. The van der Waals surface area contributed by atoms with E-state index in [1.54, 1.807) is 24.3 Å². The van der Waals surface area contributed by atoms with Gasteiger partial charge in [0.2, 0.25) is 0 Å². The van der Waals surface area contributed by atoms with E-state index in [0.717, 1.165) is 0 Å². The van der Waals surface area contributed by atoms with Gasteiger partial charge in [0.1, 0.15) is 5.75 Å². The lowest BCUT2D eigenvalue weighted by Crippen LogP contribution is -2.27. The van der Waals surface area contributed by atoms with Crippen molar-refractivity contribution in [3.8, 4) is 5.75 Å². The number of hydrogen-bond donors (Lipinski definition) is 0. The number of nitro groups is 1. The molecule has 0 heterocycles. The van der Waals surface area contributed by atoms with E-state index >= 15 is 0 Å². The van der Waals surface area contributed by atoms with Crippen LogP contribution in [0.2, 0.25) is 0 Å². The average Bonchev–Trinajstić information content (AvgIpc) is 2.35. The van der Waals surface area contributed by atoms with Crippen molar-refractivity contribution >= 4 is 5.97 Å². The molecule has 2 unspecified atom stereocenters. The molecule has 98 valence electrons. The Hall–Kier alpha value is -2.11. The molecule has 0 amide bonds. The second-order valence-corrected chi connectivity index (χ2v) is 3.83. The summed E-state index contributed by atoms with van der Waals surface area (Å²) in [5, 5.41) is 10.8. The summed E-state index contributed by atoms with van der Waals surface area (Å²) in [6, 6.07) is 5.61. The van der Waals surface area contributed by atoms with E-state index in [2.05, 4.69) is 0 Å². The highest BCUT2D eigenvalue weighted by atomic mass is 16.6. The Morgan fingerprint density at radius 3 is 2.28 bits per heavy atom. The molecule has 1 aromatic rings. The molecule has 0 aliphatic heterocycles. The van der Waals surface area contributed by atoms with E-state index in [1.807, 2.05) is 0 Å². The lowest BCUT2D eigenvalue weighted by atomic mass is 10.0. The van der Waals surface area contributed by atoms with Gasteiger partial charge >= 0.3 is 5.97 Å². The van der Waals surface area contributed by atoms with Gasteiger partial charge in [0.25, 0.3) is 6.04 Å². The molecule has 0 saturated carbocycles. The molecule has 0 saturated heterocycles. The molecule has 18 heavy (non-hydrogen) atoms. The topological polar surface area (TPSA) is 78.7 Å². The van der Waals surface area contributed by atoms with Crippen LogP contribution < -0.4 is 4.74 Å². The van der Waals surface area contributed by atoms with Gasteiger partial charge in [-0.25, -0.2) is 0 Å². The number of hydrogen-bond acceptors (Lipinski definition) is 5. The van der Waals surface area contributed by atoms with Crippen molar-refractivity contribution in [1.29, 1.82) is 0 Å². The minimum absolute atomic E-state index is 0.474. The van der Waals surface area contributed by atoms with Gasteiger partial charge in [0.15, 0.2) is 6.10 Å². The van der Waals surface area contributed by atoms with Crippen LogP contribution in [-0.2, 0) is 9.53 Å². The fraction of sp³-hybridized carbons (Fsp3) is 0.417. The lowest BCUT2D eigenvalue weighted by molar-refractivity contribution is -0.530. The van der Waals surface area contributed by atoms with E-state index in [-0.39, 0.29) is 0 Å². The summed E-state index contributed by atoms with van der Waals surface area (Å²) in [7, 11) is 1.53. The van der Waals surface area contributed by atoms with Gasteiger partial charge < -0.3 is 9.47 Å². The molecule has 0 aliphatic rings. The highest BCUT2D eigenvalue weighted by molar-refractivity contribution is 5.66. The number of rotatable bonds is 5. The predicted molar refractivity (Wildman–Crippen MR) is 64.0 cm³/mol. The third kappa shape index (κ3) is 3.44. The highest BCUT2D eigenvalue weighted by Crippen LogP contribution is 2.25. The van der Waals surface area contributed by atoms with Gasteiger partial charge in [-0.3, -0.25) is 14.9 Å². The van der Waals surface area contributed by atoms with Crippen LogP contribution >= 0.6 is 0 Å². The molecular weight excluding hydrogens is 238 g/mol. The third-order valence-corrected chi connectivity index (χ3v) is 2.51. The molecule has 0 aliphatic carbocycles. The second-order valence-electron chi connectivity index (χ2n) is 3.83. The zero-order valence-corrected chi connectivity index (χ0v) is 10.5. The number of esters is 1. The monoisotopic (exact) mass is 253 g/mol. The van der Waals surface area contributed by atoms with Crippen LogP contribution in [0.5, 0.6) is 5.75 Å². The molecule has 1 rings (SSSR count). The normalized spacial score (nSPS) is 13.5. The third-order valence-electron chi connectivity index (χ3n) is 2.51. The summed E-state index contributed by atoms with van der Waals surface area (Å²) in [5.74, 6) is 0.0820. The van der Waals surface area contributed by atoms with Crippen molar-refractivity contribution in [2.45, 2.75) is 26.0 Å². The summed E-state index contributed by atoms with van der Waals surface area (Å²) in [6.45, 7) is 2.63. The van der Waals surface area contributed by atoms with Gasteiger partial charge in [-0.1, -0.05) is 12.1 Å². The Kier molecular flexibility index (Phi) is 4.65. The Morgan fingerprint density at radius 1 is 1.33 bits per heavy atom. The molecule has 0 spiro atoms. The molecule has 0 radical (unpaired) electrons. The van der Waals surface area contributed by atoms with Crippen molar-refractivity contribution in [3.63, 3.8) is 0 Å². The summed E-state index contributed by atoms with van der Waals surface area (Å²) >= 11 is 0. The zero-order chi connectivity index (χ0) is 13.7. The van der Waals surface area contributed by atoms with Gasteiger partial charge in [0, 0.05) is 18.8 Å². The van der Waals surface area contributed by atoms with Crippen LogP contribution in [-0.4, -0.2) is 24.0 Å². The van der Waals surface area contributed by atoms with Crippen LogP contribution in [0.15, 0.2) is 24.3 Å². The predicted octanol–water partition coefficient (Wildman–Crippen LogP) is 1.96. The van der Waals surface area contributed by atoms with Gasteiger partial charge in [-0.05, 0) is 17.7 Å². The summed E-state index contributed by atoms with van der Waals surface area (Å²) in [4.78, 5) is 21.3. The number of nitrogens with zero attached hydrogens (tertiary/aromatic N) is 1. The summed E-state index contributed by atoms with van der Waals surface area (Å²) < 4.78 is 10.0. The largest absolute Gasteiger partial charge is 0.497 e. The molecular formula is C12H15NO5. The first-order valence-electron chi connectivity index (χ1n) is 5.40. The summed E-state index contributed by atoms with van der Waals surface area (Å²) in [5.41, 5.74) is 0.565. The van der Waals surface area contributed by atoms with E-state index in [0.29, 0.717) is 11.3 Å². The number of carbonyl (C=O) groups is 1. The molecule has 0 bridgehead atoms. The zero-order valence-electron chi connectivity index (χ0n) is 10.5. The smallest absolute Gasteiger partial charge is 0.303 e. The van der Waals surface area contributed by atoms with Crippen LogP contribution in [0.4, 0.5) is 0 Å². The van der Waals surface area contributed by atoms with Crippen LogP contribution in [0, 0.1) is 10.1 Å². The van der Waals surface area contributed by atoms with Crippen molar-refractivity contribution in [3.05, 3.63) is 39.9 Å². The standard InChI is InChI=1S/C12H15NO5/c1-8(13(15)16)12(18-9(2)14)10-4-6-11(17-3)7-5-10/h4-8,12H,1-3H3. The molecule has 0 N–H and O–H groups in total. The van der Waals surface area contributed by atoms with Crippen molar-refractivity contribution in [2.75, 3.05) is 7.11 Å². The maximum absolute atomic E-state index is 11.0. The first-order valence-corrected chi connectivity index (χ1v) is 5.40. The van der Waals surface area contributed by atoms with Crippen molar-refractivity contribution in [2.24, 2.45) is 0 Å². The molecule has 6 heteroatoms. The number of methoxy groups -OCH3 is 1. The first kappa shape index (κ1) is 14.0. The minimum atomic E-state index is -1.01. The number of carbonyl (C=O) groups excluding carboxylic acids is 1. The van der Waals surface area contributed by atoms with Crippen LogP contribution in [0.3, 0.4) is 0 Å². The van der Waals surface area contributed by atoms with Gasteiger partial charge in [0.05, 0.1) is 7.11 Å². The van der Waals surface area contributed by atoms with Gasteiger partial charge in [-0.2, -0.15) is 0 Å². The van der Waals surface area contributed by atoms with E-state index < -0.39 is 23.0 Å². The summed E-state index contributed by atoms with van der Waals surface area (Å²) in [6.07, 6.45) is -0.900. The Morgan fingerprint density at radius 2 is 1.89 bits per heavy atom. The minimum Gasteiger partial charge on any atom is -0.497 e. The van der Waals surface area contributed by atoms with E-state index in [4.69, 9.17) is 9.47 Å². The average molecular weight is 253 g/mol. The second kappa shape index (κ2) is 6.00. The van der Waals surface area contributed by atoms with Crippen molar-refractivity contribution < 1.29 is 19.2 Å². The maximum Gasteiger partial charge on any atom is 0.303 e. The van der Waals surface area contributed by atoms with E-state index in [1.165, 1.54) is 21.0 Å². The Balaban J connectivity index is 3.00. The molecule has 2 atom stereocenters. The number of benzene rings is 1. The highest BCUT2D eigenvalue weighted by Gasteiger charge is 2.30. The van der Waals surface area contributed by atoms with Gasteiger partial charge in [-0.15, -0.1) is 0 Å². The van der Waals surface area contributed by atoms with Crippen LogP contribution in [0.1, 0.15) is 25.5 Å². The molecule has 0 fully saturated rings. The Labute approximate surface area is 105 Å². The first-order chi connectivity index (χ1) is 8.45. The Bertz CT molecular complexity index is 429. The fourth-order valence-corrected chi connectivity index (χ4v) is 1.53.